The van der Waals surface area contributed by atoms with Gasteiger partial charge in [0, 0.05) is 12.3 Å². The number of rotatable bonds is 8. The Labute approximate surface area is 106 Å². The summed E-state index contributed by atoms with van der Waals surface area (Å²) >= 11 is 1.64. The SMILES string of the molecule is CCCNCC(C)CSc1n[nH]c(=O)n1CC. The summed E-state index contributed by atoms with van der Waals surface area (Å²) in [6.45, 7) is 9.07. The van der Waals surface area contributed by atoms with E-state index in [-0.39, 0.29) is 5.69 Å². The van der Waals surface area contributed by atoms with Gasteiger partial charge < -0.3 is 5.32 Å². The highest BCUT2D eigenvalue weighted by molar-refractivity contribution is 7.99. The smallest absolute Gasteiger partial charge is 0.316 e. The Bertz CT molecular complexity index is 374. The number of thioether (sulfide) groups is 1. The van der Waals surface area contributed by atoms with E-state index in [1.54, 1.807) is 16.3 Å². The summed E-state index contributed by atoms with van der Waals surface area (Å²) < 4.78 is 1.66. The molecule has 0 saturated carbocycles. The fraction of sp³-hybridized carbons (Fsp3) is 0.818. The Hall–Kier alpha value is -0.750. The first-order chi connectivity index (χ1) is 8.19. The second kappa shape index (κ2) is 7.55. The topological polar surface area (TPSA) is 62.7 Å². The third-order valence-corrected chi connectivity index (χ3v) is 3.76. The van der Waals surface area contributed by atoms with Crippen molar-refractivity contribution in [3.63, 3.8) is 0 Å². The van der Waals surface area contributed by atoms with Crippen LogP contribution in [0.3, 0.4) is 0 Å². The molecule has 0 aromatic carbocycles. The van der Waals surface area contributed by atoms with E-state index in [0.29, 0.717) is 12.5 Å². The fourth-order valence-corrected chi connectivity index (χ4v) is 2.52. The number of aromatic nitrogens is 3. The predicted octanol–water partition coefficient (Wildman–Crippen LogP) is 1.32. The minimum atomic E-state index is -0.119. The van der Waals surface area contributed by atoms with Crippen LogP contribution in [0, 0.1) is 5.92 Å². The van der Waals surface area contributed by atoms with Crippen LogP contribution in [0.15, 0.2) is 9.95 Å². The molecular weight excluding hydrogens is 236 g/mol. The predicted molar refractivity (Wildman–Crippen MR) is 71.6 cm³/mol. The summed E-state index contributed by atoms with van der Waals surface area (Å²) in [5, 5.41) is 10.7. The van der Waals surface area contributed by atoms with Crippen molar-refractivity contribution in [3.05, 3.63) is 10.5 Å². The van der Waals surface area contributed by atoms with Crippen molar-refractivity contribution in [1.29, 1.82) is 0 Å². The molecule has 5 nitrogen and oxygen atoms in total. The van der Waals surface area contributed by atoms with Gasteiger partial charge in [-0.15, -0.1) is 5.10 Å². The van der Waals surface area contributed by atoms with Gasteiger partial charge in [-0.05, 0) is 32.4 Å². The zero-order valence-corrected chi connectivity index (χ0v) is 11.6. The quantitative estimate of drug-likeness (QED) is 0.545. The first-order valence-electron chi connectivity index (χ1n) is 6.17. The Balaban J connectivity index is 2.36. The number of H-pyrrole nitrogens is 1. The molecule has 0 aliphatic heterocycles. The Morgan fingerprint density at radius 1 is 1.53 bits per heavy atom. The zero-order chi connectivity index (χ0) is 12.7. The van der Waals surface area contributed by atoms with Gasteiger partial charge >= 0.3 is 5.69 Å². The van der Waals surface area contributed by atoms with E-state index >= 15 is 0 Å². The standard InChI is InChI=1S/C11H22N4OS/c1-4-6-12-7-9(3)8-17-11-14-13-10(16)15(11)5-2/h9,12H,4-8H2,1-3H3,(H,13,16). The van der Waals surface area contributed by atoms with E-state index in [1.165, 1.54) is 0 Å². The van der Waals surface area contributed by atoms with Crippen LogP contribution in [0.2, 0.25) is 0 Å². The largest absolute Gasteiger partial charge is 0.343 e. The molecule has 1 atom stereocenters. The van der Waals surface area contributed by atoms with Gasteiger partial charge in [-0.25, -0.2) is 9.89 Å². The molecule has 6 heteroatoms. The van der Waals surface area contributed by atoms with Crippen LogP contribution in [-0.4, -0.2) is 33.6 Å². The van der Waals surface area contributed by atoms with E-state index in [0.717, 1.165) is 30.4 Å². The highest BCUT2D eigenvalue weighted by atomic mass is 32.2. The van der Waals surface area contributed by atoms with Gasteiger partial charge in [-0.2, -0.15) is 0 Å². The van der Waals surface area contributed by atoms with Crippen molar-refractivity contribution in [1.82, 2.24) is 20.1 Å². The van der Waals surface area contributed by atoms with Crippen molar-refractivity contribution < 1.29 is 0 Å². The number of aromatic amines is 1. The van der Waals surface area contributed by atoms with E-state index in [1.807, 2.05) is 6.92 Å². The lowest BCUT2D eigenvalue weighted by atomic mass is 10.2. The third kappa shape index (κ3) is 4.55. The van der Waals surface area contributed by atoms with E-state index in [4.69, 9.17) is 0 Å². The molecule has 1 unspecified atom stereocenters. The first-order valence-corrected chi connectivity index (χ1v) is 7.16. The average Bonchev–Trinajstić information content (AvgIpc) is 2.67. The Morgan fingerprint density at radius 2 is 2.29 bits per heavy atom. The van der Waals surface area contributed by atoms with Crippen LogP contribution in [-0.2, 0) is 6.54 Å². The van der Waals surface area contributed by atoms with Crippen LogP contribution in [0.1, 0.15) is 27.2 Å². The summed E-state index contributed by atoms with van der Waals surface area (Å²) in [6, 6.07) is 0. The maximum absolute atomic E-state index is 11.3. The first kappa shape index (κ1) is 14.3. The fourth-order valence-electron chi connectivity index (χ4n) is 1.49. The van der Waals surface area contributed by atoms with Crippen molar-refractivity contribution in [2.24, 2.45) is 5.92 Å². The number of hydrogen-bond donors (Lipinski definition) is 2. The molecule has 0 radical (unpaired) electrons. The van der Waals surface area contributed by atoms with Gasteiger partial charge in [0.25, 0.3) is 0 Å². The van der Waals surface area contributed by atoms with Crippen molar-refractivity contribution in [2.75, 3.05) is 18.8 Å². The van der Waals surface area contributed by atoms with Crippen molar-refractivity contribution >= 4 is 11.8 Å². The number of hydrogen-bond acceptors (Lipinski definition) is 4. The second-order valence-corrected chi connectivity index (χ2v) is 5.16. The molecule has 1 aromatic heterocycles. The minimum Gasteiger partial charge on any atom is -0.316 e. The van der Waals surface area contributed by atoms with Crippen LogP contribution >= 0.6 is 11.8 Å². The lowest BCUT2D eigenvalue weighted by molar-refractivity contribution is 0.555. The monoisotopic (exact) mass is 258 g/mol. The summed E-state index contributed by atoms with van der Waals surface area (Å²) in [6.07, 6.45) is 1.16. The molecule has 0 fully saturated rings. The second-order valence-electron chi connectivity index (χ2n) is 4.18. The molecule has 0 spiro atoms. The third-order valence-electron chi connectivity index (χ3n) is 2.46. The lowest BCUT2D eigenvalue weighted by Crippen LogP contribution is -2.23. The number of nitrogens with zero attached hydrogens (tertiary/aromatic N) is 2. The molecule has 1 heterocycles. The summed E-state index contributed by atoms with van der Waals surface area (Å²) in [5.41, 5.74) is -0.119. The van der Waals surface area contributed by atoms with Gasteiger partial charge in [0.15, 0.2) is 5.16 Å². The minimum absolute atomic E-state index is 0.119. The summed E-state index contributed by atoms with van der Waals surface area (Å²) in [4.78, 5) is 11.3. The highest BCUT2D eigenvalue weighted by Crippen LogP contribution is 2.16. The molecule has 0 saturated heterocycles. The van der Waals surface area contributed by atoms with Crippen LogP contribution < -0.4 is 11.0 Å². The van der Waals surface area contributed by atoms with Crippen LogP contribution in [0.4, 0.5) is 0 Å². The molecule has 0 amide bonds. The molecule has 17 heavy (non-hydrogen) atoms. The maximum atomic E-state index is 11.3. The average molecular weight is 258 g/mol. The molecular formula is C11H22N4OS. The van der Waals surface area contributed by atoms with E-state index in [2.05, 4.69) is 29.4 Å². The summed E-state index contributed by atoms with van der Waals surface area (Å²) in [7, 11) is 0. The highest BCUT2D eigenvalue weighted by Gasteiger charge is 2.09. The van der Waals surface area contributed by atoms with E-state index in [9.17, 15) is 4.79 Å². The van der Waals surface area contributed by atoms with Crippen molar-refractivity contribution in [3.8, 4) is 0 Å². The molecule has 0 bridgehead atoms. The number of nitrogens with one attached hydrogen (secondary N) is 2. The van der Waals surface area contributed by atoms with Gasteiger partial charge in [-0.3, -0.25) is 4.57 Å². The molecule has 98 valence electrons. The Morgan fingerprint density at radius 3 is 2.94 bits per heavy atom. The van der Waals surface area contributed by atoms with Gasteiger partial charge in [0.1, 0.15) is 0 Å². The normalized spacial score (nSPS) is 12.9. The van der Waals surface area contributed by atoms with Gasteiger partial charge in [0.2, 0.25) is 0 Å². The van der Waals surface area contributed by atoms with Gasteiger partial charge in [-0.1, -0.05) is 25.6 Å². The molecule has 2 N–H and O–H groups in total. The molecule has 1 aromatic rings. The molecule has 1 rings (SSSR count). The van der Waals surface area contributed by atoms with Crippen molar-refractivity contribution in [2.45, 2.75) is 38.9 Å². The molecule has 0 aliphatic carbocycles. The molecule has 0 aliphatic rings. The van der Waals surface area contributed by atoms with Gasteiger partial charge in [0.05, 0.1) is 0 Å². The van der Waals surface area contributed by atoms with E-state index < -0.39 is 0 Å². The van der Waals surface area contributed by atoms with Crippen LogP contribution in [0.25, 0.3) is 0 Å². The maximum Gasteiger partial charge on any atom is 0.343 e. The van der Waals surface area contributed by atoms with Crippen LogP contribution in [0.5, 0.6) is 0 Å². The lowest BCUT2D eigenvalue weighted by Gasteiger charge is -2.11. The summed E-state index contributed by atoms with van der Waals surface area (Å²) in [5.74, 6) is 1.55. The zero-order valence-electron chi connectivity index (χ0n) is 10.8. The Kier molecular flexibility index (Phi) is 6.36.